The zero-order chi connectivity index (χ0) is 32.2. The summed E-state index contributed by atoms with van der Waals surface area (Å²) >= 11 is 0. The molecule has 3 atom stereocenters. The quantitative estimate of drug-likeness (QED) is 0.293. The monoisotopic (exact) mass is 614 g/mol. The van der Waals surface area contributed by atoms with Gasteiger partial charge >= 0.3 is 12.3 Å². The lowest BCUT2D eigenvalue weighted by Gasteiger charge is -2.29. The fourth-order valence-electron chi connectivity index (χ4n) is 4.37. The minimum Gasteiger partial charge on any atom is -0.445 e. The number of amides is 4. The summed E-state index contributed by atoms with van der Waals surface area (Å²) in [5, 5.41) is 7.08. The van der Waals surface area contributed by atoms with Crippen LogP contribution in [0.15, 0.2) is 30.3 Å². The highest BCUT2D eigenvalue weighted by Gasteiger charge is 2.44. The number of ketones is 1. The number of nitrogens with zero attached hydrogens (tertiary/aromatic N) is 1. The Kier molecular flexibility index (Phi) is 13.9. The summed E-state index contributed by atoms with van der Waals surface area (Å²) in [6.07, 6.45) is -7.09. The highest BCUT2D eigenvalue weighted by molar-refractivity contribution is 5.96. The second-order valence-electron chi connectivity index (χ2n) is 11.1. The average Bonchev–Trinajstić information content (AvgIpc) is 2.95. The van der Waals surface area contributed by atoms with E-state index in [4.69, 9.17) is 9.47 Å². The molecule has 0 radical (unpaired) electrons. The van der Waals surface area contributed by atoms with Gasteiger partial charge in [0, 0.05) is 19.5 Å². The number of carbonyl (C=O) groups is 5. The van der Waals surface area contributed by atoms with Crippen LogP contribution in [0.4, 0.5) is 18.0 Å². The van der Waals surface area contributed by atoms with Crippen molar-refractivity contribution in [2.45, 2.75) is 77.9 Å². The van der Waals surface area contributed by atoms with Gasteiger partial charge in [0.25, 0.3) is 5.78 Å². The number of alkyl halides is 3. The molecule has 43 heavy (non-hydrogen) atoms. The Morgan fingerprint density at radius 2 is 1.51 bits per heavy atom. The van der Waals surface area contributed by atoms with E-state index in [9.17, 15) is 37.1 Å². The van der Waals surface area contributed by atoms with Crippen LogP contribution in [0.25, 0.3) is 0 Å². The molecule has 1 aliphatic rings. The maximum absolute atomic E-state index is 13.4. The first-order valence-corrected chi connectivity index (χ1v) is 14.2. The van der Waals surface area contributed by atoms with Crippen molar-refractivity contribution < 1.29 is 46.6 Å². The Morgan fingerprint density at radius 1 is 0.907 bits per heavy atom. The lowest BCUT2D eigenvalue weighted by atomic mass is 9.99. The molecule has 14 heteroatoms. The van der Waals surface area contributed by atoms with Crippen LogP contribution in [-0.4, -0.2) is 85.1 Å². The van der Waals surface area contributed by atoms with Gasteiger partial charge in [-0.05, 0) is 30.2 Å². The van der Waals surface area contributed by atoms with Gasteiger partial charge in [0.15, 0.2) is 0 Å². The molecule has 1 heterocycles. The van der Waals surface area contributed by atoms with Gasteiger partial charge in [-0.3, -0.25) is 19.2 Å². The van der Waals surface area contributed by atoms with E-state index < -0.39 is 72.7 Å². The summed E-state index contributed by atoms with van der Waals surface area (Å²) < 4.78 is 50.6. The molecular formula is C29H41F3N4O7. The molecule has 0 aromatic heterocycles. The molecule has 0 saturated carbocycles. The summed E-state index contributed by atoms with van der Waals surface area (Å²) in [4.78, 5) is 64.9. The molecule has 0 spiro atoms. The van der Waals surface area contributed by atoms with Crippen LogP contribution in [0.1, 0.15) is 52.5 Å². The normalized spacial score (nSPS) is 15.8. The van der Waals surface area contributed by atoms with E-state index in [-0.39, 0.29) is 32.0 Å². The van der Waals surface area contributed by atoms with Crippen molar-refractivity contribution in [3.05, 3.63) is 35.9 Å². The van der Waals surface area contributed by atoms with Gasteiger partial charge in [0.05, 0.1) is 19.3 Å². The molecule has 0 aliphatic carbocycles. The average molecular weight is 615 g/mol. The van der Waals surface area contributed by atoms with Crippen LogP contribution in [0.3, 0.4) is 0 Å². The highest BCUT2D eigenvalue weighted by atomic mass is 19.4. The largest absolute Gasteiger partial charge is 0.452 e. The first kappa shape index (κ1) is 35.5. The third-order valence-corrected chi connectivity index (χ3v) is 6.70. The van der Waals surface area contributed by atoms with Crippen LogP contribution < -0.4 is 16.0 Å². The van der Waals surface area contributed by atoms with Gasteiger partial charge in [0.2, 0.25) is 17.7 Å². The Bertz CT molecular complexity index is 1090. The van der Waals surface area contributed by atoms with Crippen molar-refractivity contribution in [1.29, 1.82) is 0 Å². The van der Waals surface area contributed by atoms with Gasteiger partial charge in [-0.25, -0.2) is 4.79 Å². The highest BCUT2D eigenvalue weighted by Crippen LogP contribution is 2.21. The van der Waals surface area contributed by atoms with Crippen molar-refractivity contribution in [2.75, 3.05) is 26.3 Å². The SMILES string of the molecule is CC(C)C[C@H](NC(=O)[C@@H](NC(=O)OCc1ccccc1)C(C)C)C(=O)N[C@@H](CCC(=O)N1CCOCC1)C(=O)C(F)(F)F. The van der Waals surface area contributed by atoms with E-state index in [1.807, 2.05) is 0 Å². The summed E-state index contributed by atoms with van der Waals surface area (Å²) in [6, 6.07) is 4.37. The fourth-order valence-corrected chi connectivity index (χ4v) is 4.37. The molecule has 0 unspecified atom stereocenters. The fraction of sp³-hybridized carbons (Fsp3) is 0.621. The standard InChI is InChI=1S/C29H41F3N4O7/c1-18(2)16-22(34-27(40)24(19(3)4)35-28(41)43-17-20-8-6-5-7-9-20)26(39)33-21(25(38)29(30,31)32)10-11-23(37)36-12-14-42-15-13-36/h5-9,18-19,21-22,24H,10-17H2,1-4H3,(H,33,39)(H,34,40)(H,35,41)/t21-,22-,24-/m0/s1. The van der Waals surface area contributed by atoms with Crippen LogP contribution in [-0.2, 0) is 35.3 Å². The van der Waals surface area contributed by atoms with Crippen LogP contribution in [0, 0.1) is 11.8 Å². The number of nitrogens with one attached hydrogen (secondary N) is 3. The number of morpholine rings is 1. The van der Waals surface area contributed by atoms with E-state index >= 15 is 0 Å². The van der Waals surface area contributed by atoms with Crippen molar-refractivity contribution in [1.82, 2.24) is 20.9 Å². The number of alkyl carbamates (subject to hydrolysis) is 1. The zero-order valence-electron chi connectivity index (χ0n) is 24.9. The number of benzene rings is 1. The van der Waals surface area contributed by atoms with Crippen LogP contribution in [0.5, 0.6) is 0 Å². The van der Waals surface area contributed by atoms with Crippen molar-refractivity contribution in [3.63, 3.8) is 0 Å². The minimum atomic E-state index is -5.26. The maximum Gasteiger partial charge on any atom is 0.452 e. The maximum atomic E-state index is 13.4. The van der Waals surface area contributed by atoms with Gasteiger partial charge in [-0.2, -0.15) is 13.2 Å². The Labute approximate surface area is 249 Å². The molecule has 1 saturated heterocycles. The number of hydrogen-bond donors (Lipinski definition) is 3. The number of rotatable bonds is 14. The van der Waals surface area contributed by atoms with E-state index in [1.165, 1.54) is 4.90 Å². The van der Waals surface area contributed by atoms with Crippen molar-refractivity contribution in [3.8, 4) is 0 Å². The number of Topliss-reactive ketones (excluding diaryl/α,β-unsaturated/α-hetero) is 1. The van der Waals surface area contributed by atoms with Gasteiger partial charge in [0.1, 0.15) is 18.7 Å². The summed E-state index contributed by atoms with van der Waals surface area (Å²) in [6.45, 7) is 7.89. The first-order chi connectivity index (χ1) is 20.2. The lowest BCUT2D eigenvalue weighted by Crippen LogP contribution is -2.58. The predicted molar refractivity (Wildman–Crippen MR) is 149 cm³/mol. The lowest BCUT2D eigenvalue weighted by molar-refractivity contribution is -0.174. The molecule has 1 aromatic carbocycles. The predicted octanol–water partition coefficient (Wildman–Crippen LogP) is 2.72. The number of hydrogen-bond acceptors (Lipinski definition) is 7. The number of carbonyl (C=O) groups excluding carboxylic acids is 5. The van der Waals surface area contributed by atoms with Crippen molar-refractivity contribution >= 4 is 29.6 Å². The van der Waals surface area contributed by atoms with E-state index in [2.05, 4.69) is 16.0 Å². The van der Waals surface area contributed by atoms with Crippen LogP contribution in [0.2, 0.25) is 0 Å². The summed E-state index contributed by atoms with van der Waals surface area (Å²) in [5.41, 5.74) is 0.728. The van der Waals surface area contributed by atoms with Gasteiger partial charge < -0.3 is 30.3 Å². The number of ether oxygens (including phenoxy) is 2. The zero-order valence-corrected chi connectivity index (χ0v) is 24.9. The Balaban J connectivity index is 2.10. The van der Waals surface area contributed by atoms with Crippen LogP contribution >= 0.6 is 0 Å². The molecule has 4 amide bonds. The number of halogens is 3. The Hall–Kier alpha value is -3.68. The first-order valence-electron chi connectivity index (χ1n) is 14.2. The molecule has 2 rings (SSSR count). The summed E-state index contributed by atoms with van der Waals surface area (Å²) in [5.74, 6) is -5.07. The molecule has 1 aromatic rings. The second kappa shape index (κ2) is 16.8. The molecule has 3 N–H and O–H groups in total. The van der Waals surface area contributed by atoms with E-state index in [1.54, 1.807) is 58.0 Å². The van der Waals surface area contributed by atoms with Gasteiger partial charge in [-0.15, -0.1) is 0 Å². The molecule has 1 aliphatic heterocycles. The topological polar surface area (TPSA) is 143 Å². The third-order valence-electron chi connectivity index (χ3n) is 6.70. The third kappa shape index (κ3) is 12.2. The minimum absolute atomic E-state index is 0.0283. The summed E-state index contributed by atoms with van der Waals surface area (Å²) in [7, 11) is 0. The van der Waals surface area contributed by atoms with E-state index in [0.717, 1.165) is 5.56 Å². The molecule has 1 fully saturated rings. The van der Waals surface area contributed by atoms with E-state index in [0.29, 0.717) is 13.2 Å². The molecule has 240 valence electrons. The van der Waals surface area contributed by atoms with Crippen molar-refractivity contribution in [2.24, 2.45) is 11.8 Å². The smallest absolute Gasteiger partial charge is 0.445 e. The molecule has 11 nitrogen and oxygen atoms in total. The second-order valence-corrected chi connectivity index (χ2v) is 11.1. The molecule has 0 bridgehead atoms. The Morgan fingerprint density at radius 3 is 2.07 bits per heavy atom. The molecular weight excluding hydrogens is 573 g/mol. The van der Waals surface area contributed by atoms with Gasteiger partial charge in [-0.1, -0.05) is 58.0 Å².